The van der Waals surface area contributed by atoms with Crippen LogP contribution in [-0.2, 0) is 11.0 Å². The molecule has 1 amide bonds. The van der Waals surface area contributed by atoms with Crippen molar-refractivity contribution >= 4 is 11.6 Å². The SMILES string of the molecule is O=C(COc1ccc(Oc2cccc(F)c2)cc1)Nc1ccc(-c2noc(C(F)(F)F)n2)cc1. The highest BCUT2D eigenvalue weighted by Gasteiger charge is 2.38. The highest BCUT2D eigenvalue weighted by atomic mass is 19.4. The molecule has 0 bridgehead atoms. The van der Waals surface area contributed by atoms with Crippen molar-refractivity contribution in [2.24, 2.45) is 0 Å². The number of rotatable bonds is 7. The van der Waals surface area contributed by atoms with Crippen molar-refractivity contribution in [3.63, 3.8) is 0 Å². The Kier molecular flexibility index (Phi) is 6.44. The average molecular weight is 473 g/mol. The van der Waals surface area contributed by atoms with E-state index >= 15 is 0 Å². The fraction of sp³-hybridized carbons (Fsp3) is 0.0870. The zero-order valence-corrected chi connectivity index (χ0v) is 17.2. The molecule has 4 rings (SSSR count). The third kappa shape index (κ3) is 5.88. The van der Waals surface area contributed by atoms with Gasteiger partial charge in [-0.25, -0.2) is 4.39 Å². The second kappa shape index (κ2) is 9.61. The van der Waals surface area contributed by atoms with Crippen molar-refractivity contribution in [2.75, 3.05) is 11.9 Å². The molecule has 0 atom stereocenters. The van der Waals surface area contributed by atoms with Crippen molar-refractivity contribution in [3.05, 3.63) is 84.5 Å². The summed E-state index contributed by atoms with van der Waals surface area (Å²) in [6.45, 7) is -0.286. The van der Waals surface area contributed by atoms with E-state index in [1.165, 1.54) is 42.5 Å². The van der Waals surface area contributed by atoms with Gasteiger partial charge < -0.3 is 19.3 Å². The molecule has 4 aromatic rings. The van der Waals surface area contributed by atoms with E-state index < -0.39 is 23.8 Å². The lowest BCUT2D eigenvalue weighted by Gasteiger charge is -2.09. The summed E-state index contributed by atoms with van der Waals surface area (Å²) in [6.07, 6.45) is -4.73. The monoisotopic (exact) mass is 473 g/mol. The molecule has 0 fully saturated rings. The number of carbonyl (C=O) groups is 1. The van der Waals surface area contributed by atoms with E-state index in [4.69, 9.17) is 9.47 Å². The van der Waals surface area contributed by atoms with E-state index in [2.05, 4.69) is 20.0 Å². The van der Waals surface area contributed by atoms with E-state index in [9.17, 15) is 22.4 Å². The number of benzene rings is 3. The summed E-state index contributed by atoms with van der Waals surface area (Å²) < 4.78 is 66.1. The lowest BCUT2D eigenvalue weighted by Crippen LogP contribution is -2.20. The molecule has 0 unspecified atom stereocenters. The summed E-state index contributed by atoms with van der Waals surface area (Å²) in [6, 6.07) is 18.0. The number of carbonyl (C=O) groups excluding carboxylic acids is 1. The Labute approximate surface area is 189 Å². The quantitative estimate of drug-likeness (QED) is 0.347. The summed E-state index contributed by atoms with van der Waals surface area (Å²) in [5.41, 5.74) is 0.685. The highest BCUT2D eigenvalue weighted by Crippen LogP contribution is 2.29. The van der Waals surface area contributed by atoms with Gasteiger partial charge in [-0.05, 0) is 60.7 Å². The molecule has 1 N–H and O–H groups in total. The van der Waals surface area contributed by atoms with Gasteiger partial charge in [-0.3, -0.25) is 4.79 Å². The zero-order valence-electron chi connectivity index (χ0n) is 17.2. The number of amides is 1. The summed E-state index contributed by atoms with van der Waals surface area (Å²) in [4.78, 5) is 15.4. The minimum atomic E-state index is -4.73. The van der Waals surface area contributed by atoms with Gasteiger partial charge >= 0.3 is 12.1 Å². The Hall–Kier alpha value is -4.41. The van der Waals surface area contributed by atoms with Gasteiger partial charge in [0.15, 0.2) is 6.61 Å². The van der Waals surface area contributed by atoms with Crippen LogP contribution in [0.25, 0.3) is 11.4 Å². The molecule has 0 spiro atoms. The van der Waals surface area contributed by atoms with Crippen molar-refractivity contribution in [2.45, 2.75) is 6.18 Å². The maximum absolute atomic E-state index is 13.2. The maximum atomic E-state index is 13.2. The number of nitrogens with zero attached hydrogens (tertiary/aromatic N) is 2. The number of hydrogen-bond acceptors (Lipinski definition) is 6. The molecule has 0 aliphatic rings. The van der Waals surface area contributed by atoms with Crippen LogP contribution in [0.2, 0.25) is 0 Å². The van der Waals surface area contributed by atoms with Crippen LogP contribution in [0, 0.1) is 5.82 Å². The van der Waals surface area contributed by atoms with E-state index in [-0.39, 0.29) is 18.0 Å². The van der Waals surface area contributed by atoms with Crippen molar-refractivity contribution in [1.82, 2.24) is 10.1 Å². The standard InChI is InChI=1S/C23H15F4N3O4/c24-15-2-1-3-19(12-15)33-18-10-8-17(9-11-18)32-13-20(31)28-16-6-4-14(5-7-16)21-29-22(34-30-21)23(25,26)27/h1-12H,13H2,(H,28,31). The lowest BCUT2D eigenvalue weighted by atomic mass is 10.2. The van der Waals surface area contributed by atoms with Gasteiger partial charge in [0.1, 0.15) is 23.1 Å². The Bertz CT molecular complexity index is 1270. The smallest absolute Gasteiger partial charge is 0.471 e. The zero-order chi connectivity index (χ0) is 24.1. The fourth-order valence-electron chi connectivity index (χ4n) is 2.77. The highest BCUT2D eigenvalue weighted by molar-refractivity contribution is 5.92. The largest absolute Gasteiger partial charge is 0.484 e. The first-order chi connectivity index (χ1) is 16.3. The van der Waals surface area contributed by atoms with Gasteiger partial charge in [-0.15, -0.1) is 0 Å². The predicted octanol–water partition coefficient (Wildman–Crippen LogP) is 5.70. The van der Waals surface area contributed by atoms with E-state index in [1.54, 1.807) is 30.3 Å². The molecule has 11 heteroatoms. The number of halogens is 4. The van der Waals surface area contributed by atoms with E-state index in [0.717, 1.165) is 0 Å². The number of hydrogen-bond donors (Lipinski definition) is 1. The summed E-state index contributed by atoms with van der Waals surface area (Å²) in [5.74, 6) is -1.31. The van der Waals surface area contributed by atoms with E-state index in [0.29, 0.717) is 22.9 Å². The Morgan fingerprint density at radius 2 is 1.65 bits per heavy atom. The van der Waals surface area contributed by atoms with Crippen LogP contribution < -0.4 is 14.8 Å². The van der Waals surface area contributed by atoms with Crippen LogP contribution in [0.1, 0.15) is 5.89 Å². The molecule has 0 saturated heterocycles. The van der Waals surface area contributed by atoms with Gasteiger partial charge in [0.25, 0.3) is 5.91 Å². The summed E-state index contributed by atoms with van der Waals surface area (Å²) >= 11 is 0. The van der Waals surface area contributed by atoms with Crippen LogP contribution in [0.15, 0.2) is 77.3 Å². The van der Waals surface area contributed by atoms with Gasteiger partial charge in [0, 0.05) is 17.3 Å². The first kappa shape index (κ1) is 22.8. The number of ether oxygens (including phenoxy) is 2. The maximum Gasteiger partial charge on any atom is 0.471 e. The van der Waals surface area contributed by atoms with Crippen LogP contribution >= 0.6 is 0 Å². The molecular formula is C23H15F4N3O4. The number of nitrogens with one attached hydrogen (secondary N) is 1. The first-order valence-electron chi connectivity index (χ1n) is 9.74. The number of aromatic nitrogens is 2. The van der Waals surface area contributed by atoms with Crippen molar-refractivity contribution < 1.29 is 36.4 Å². The van der Waals surface area contributed by atoms with Crippen molar-refractivity contribution in [1.29, 1.82) is 0 Å². The molecule has 34 heavy (non-hydrogen) atoms. The first-order valence-corrected chi connectivity index (χ1v) is 9.74. The Balaban J connectivity index is 1.28. The minimum Gasteiger partial charge on any atom is -0.484 e. The van der Waals surface area contributed by atoms with Crippen LogP contribution in [-0.4, -0.2) is 22.7 Å². The molecule has 1 heterocycles. The van der Waals surface area contributed by atoms with Crippen LogP contribution in [0.3, 0.4) is 0 Å². The second-order valence-corrected chi connectivity index (χ2v) is 6.87. The summed E-state index contributed by atoms with van der Waals surface area (Å²) in [7, 11) is 0. The number of alkyl halides is 3. The third-order valence-electron chi connectivity index (χ3n) is 4.32. The van der Waals surface area contributed by atoms with Crippen molar-refractivity contribution in [3.8, 4) is 28.6 Å². The van der Waals surface area contributed by atoms with Gasteiger partial charge in [0.2, 0.25) is 5.82 Å². The molecule has 0 radical (unpaired) electrons. The third-order valence-corrected chi connectivity index (χ3v) is 4.32. The lowest BCUT2D eigenvalue weighted by molar-refractivity contribution is -0.159. The molecule has 0 saturated carbocycles. The second-order valence-electron chi connectivity index (χ2n) is 6.87. The fourth-order valence-corrected chi connectivity index (χ4v) is 2.77. The average Bonchev–Trinajstić information content (AvgIpc) is 3.30. The van der Waals surface area contributed by atoms with Crippen LogP contribution in [0.5, 0.6) is 17.2 Å². The predicted molar refractivity (Wildman–Crippen MR) is 112 cm³/mol. The minimum absolute atomic E-state index is 0.224. The molecule has 7 nitrogen and oxygen atoms in total. The molecule has 3 aromatic carbocycles. The topological polar surface area (TPSA) is 86.5 Å². The number of anilines is 1. The normalized spacial score (nSPS) is 11.2. The van der Waals surface area contributed by atoms with Gasteiger partial charge in [0.05, 0.1) is 0 Å². The molecule has 0 aliphatic carbocycles. The molecular weight excluding hydrogens is 458 g/mol. The summed E-state index contributed by atoms with van der Waals surface area (Å²) in [5, 5.41) is 5.90. The Morgan fingerprint density at radius 3 is 2.29 bits per heavy atom. The molecule has 1 aromatic heterocycles. The van der Waals surface area contributed by atoms with Crippen LogP contribution in [0.4, 0.5) is 23.2 Å². The Morgan fingerprint density at radius 1 is 0.941 bits per heavy atom. The van der Waals surface area contributed by atoms with Gasteiger partial charge in [-0.1, -0.05) is 11.2 Å². The molecule has 174 valence electrons. The molecule has 0 aliphatic heterocycles. The van der Waals surface area contributed by atoms with E-state index in [1.807, 2.05) is 0 Å². The van der Waals surface area contributed by atoms with Gasteiger partial charge in [-0.2, -0.15) is 18.2 Å².